The molecular formula is C16H13F3N2O4. The highest BCUT2D eigenvalue weighted by molar-refractivity contribution is 5.93. The third kappa shape index (κ3) is 4.69. The summed E-state index contributed by atoms with van der Waals surface area (Å²) in [6, 6.07) is 5.80. The van der Waals surface area contributed by atoms with Gasteiger partial charge in [-0.2, -0.15) is 13.2 Å². The van der Waals surface area contributed by atoms with Crippen LogP contribution in [0.25, 0.3) is 0 Å². The molecule has 6 nitrogen and oxygen atoms in total. The number of pyridine rings is 1. The minimum absolute atomic E-state index is 0.0324. The maximum absolute atomic E-state index is 13.1. The minimum atomic E-state index is -4.63. The number of halogens is 3. The second kappa shape index (κ2) is 7.20. The van der Waals surface area contributed by atoms with Crippen LogP contribution in [0, 0.1) is 0 Å². The quantitative estimate of drug-likeness (QED) is 0.862. The zero-order chi connectivity index (χ0) is 18.6. The van der Waals surface area contributed by atoms with E-state index in [1.54, 1.807) is 0 Å². The number of ether oxygens (including phenoxy) is 1. The standard InChI is InChI=1S/C16H13F3N2O4/c1-25-11-4-2-9(12(7-11)16(17,18)19)6-14(22)21-10-3-5-13(15(23)24)20-8-10/h2-5,7-8H,6H2,1H3,(H,21,22)(H,23,24). The third-order valence-corrected chi connectivity index (χ3v) is 3.24. The van der Waals surface area contributed by atoms with Crippen molar-refractivity contribution in [2.75, 3.05) is 12.4 Å². The number of hydrogen-bond acceptors (Lipinski definition) is 4. The highest BCUT2D eigenvalue weighted by Gasteiger charge is 2.34. The Bertz CT molecular complexity index is 789. The fraction of sp³-hybridized carbons (Fsp3) is 0.188. The molecule has 0 aliphatic heterocycles. The number of aromatic nitrogens is 1. The molecule has 2 aromatic rings. The number of aromatic carboxylic acids is 1. The fourth-order valence-electron chi connectivity index (χ4n) is 2.07. The van der Waals surface area contributed by atoms with Crippen molar-refractivity contribution in [3.63, 3.8) is 0 Å². The van der Waals surface area contributed by atoms with Crippen LogP contribution in [0.5, 0.6) is 5.75 Å². The molecule has 0 atom stereocenters. The lowest BCUT2D eigenvalue weighted by atomic mass is 10.0. The van der Waals surface area contributed by atoms with E-state index in [4.69, 9.17) is 9.84 Å². The van der Waals surface area contributed by atoms with Crippen molar-refractivity contribution in [1.29, 1.82) is 0 Å². The number of methoxy groups -OCH3 is 1. The molecule has 9 heteroatoms. The molecule has 0 unspecified atom stereocenters. The summed E-state index contributed by atoms with van der Waals surface area (Å²) in [6.45, 7) is 0. The van der Waals surface area contributed by atoms with Crippen molar-refractivity contribution in [2.24, 2.45) is 0 Å². The third-order valence-electron chi connectivity index (χ3n) is 3.24. The average Bonchev–Trinajstić information content (AvgIpc) is 2.54. The van der Waals surface area contributed by atoms with Gasteiger partial charge in [0.15, 0.2) is 0 Å². The molecule has 0 bridgehead atoms. The van der Waals surface area contributed by atoms with E-state index < -0.39 is 30.0 Å². The van der Waals surface area contributed by atoms with Crippen molar-refractivity contribution in [1.82, 2.24) is 4.98 Å². The molecule has 0 spiro atoms. The number of alkyl halides is 3. The number of nitrogens with one attached hydrogen (secondary N) is 1. The Labute approximate surface area is 140 Å². The Morgan fingerprint density at radius 1 is 1.24 bits per heavy atom. The average molecular weight is 354 g/mol. The molecule has 132 valence electrons. The molecule has 0 saturated heterocycles. The number of rotatable bonds is 5. The molecule has 1 amide bonds. The van der Waals surface area contributed by atoms with E-state index in [2.05, 4.69) is 10.3 Å². The van der Waals surface area contributed by atoms with Crippen LogP contribution in [-0.4, -0.2) is 29.1 Å². The number of anilines is 1. The first-order valence-corrected chi connectivity index (χ1v) is 6.94. The molecule has 2 rings (SSSR count). The number of hydrogen-bond donors (Lipinski definition) is 2. The lowest BCUT2D eigenvalue weighted by molar-refractivity contribution is -0.138. The highest BCUT2D eigenvalue weighted by Crippen LogP contribution is 2.34. The Balaban J connectivity index is 2.16. The van der Waals surface area contributed by atoms with Gasteiger partial charge in [-0.05, 0) is 29.8 Å². The topological polar surface area (TPSA) is 88.5 Å². The summed E-state index contributed by atoms with van der Waals surface area (Å²) in [5.41, 5.74) is -1.20. The number of carboxylic acid groups (broad SMARTS) is 1. The summed E-state index contributed by atoms with van der Waals surface area (Å²) in [7, 11) is 1.25. The van der Waals surface area contributed by atoms with Crippen LogP contribution in [0.1, 0.15) is 21.6 Å². The van der Waals surface area contributed by atoms with Gasteiger partial charge in [0.25, 0.3) is 0 Å². The molecule has 0 aliphatic carbocycles. The van der Waals surface area contributed by atoms with Gasteiger partial charge in [-0.15, -0.1) is 0 Å². The monoisotopic (exact) mass is 354 g/mol. The van der Waals surface area contributed by atoms with E-state index in [9.17, 15) is 22.8 Å². The van der Waals surface area contributed by atoms with Gasteiger partial charge in [-0.25, -0.2) is 9.78 Å². The lowest BCUT2D eigenvalue weighted by Crippen LogP contribution is -2.18. The Morgan fingerprint density at radius 2 is 1.96 bits per heavy atom. The van der Waals surface area contributed by atoms with E-state index in [0.29, 0.717) is 0 Å². The first-order valence-electron chi connectivity index (χ1n) is 6.94. The number of carboxylic acids is 1. The number of amides is 1. The Morgan fingerprint density at radius 3 is 2.48 bits per heavy atom. The zero-order valence-corrected chi connectivity index (χ0v) is 12.9. The molecule has 1 heterocycles. The van der Waals surface area contributed by atoms with Gasteiger partial charge in [0.2, 0.25) is 5.91 Å². The number of nitrogens with zero attached hydrogens (tertiary/aromatic N) is 1. The first kappa shape index (κ1) is 18.2. The van der Waals surface area contributed by atoms with Gasteiger partial charge >= 0.3 is 12.1 Å². The summed E-state index contributed by atoms with van der Waals surface area (Å²) in [5, 5.41) is 11.1. The maximum atomic E-state index is 13.1. The number of carbonyl (C=O) groups excluding carboxylic acids is 1. The Hall–Kier alpha value is -3.10. The molecule has 2 N–H and O–H groups in total. The van der Waals surface area contributed by atoms with Gasteiger partial charge in [0.1, 0.15) is 11.4 Å². The number of carbonyl (C=O) groups is 2. The van der Waals surface area contributed by atoms with Gasteiger partial charge in [-0.1, -0.05) is 6.07 Å². The predicted octanol–water partition coefficient (Wildman–Crippen LogP) is 2.99. The van der Waals surface area contributed by atoms with Crippen LogP contribution in [0.3, 0.4) is 0 Å². The van der Waals surface area contributed by atoms with Gasteiger partial charge in [0.05, 0.1) is 31.0 Å². The normalized spacial score (nSPS) is 11.0. The molecule has 0 saturated carbocycles. The van der Waals surface area contributed by atoms with Crippen molar-refractivity contribution >= 4 is 17.6 Å². The van der Waals surface area contributed by atoms with Crippen LogP contribution in [0.4, 0.5) is 18.9 Å². The van der Waals surface area contributed by atoms with E-state index in [0.717, 1.165) is 12.3 Å². The zero-order valence-electron chi connectivity index (χ0n) is 12.9. The van der Waals surface area contributed by atoms with Crippen LogP contribution in [0.15, 0.2) is 36.5 Å². The van der Waals surface area contributed by atoms with Crippen LogP contribution in [-0.2, 0) is 17.4 Å². The lowest BCUT2D eigenvalue weighted by Gasteiger charge is -2.14. The highest BCUT2D eigenvalue weighted by atomic mass is 19.4. The van der Waals surface area contributed by atoms with Crippen LogP contribution >= 0.6 is 0 Å². The second-order valence-electron chi connectivity index (χ2n) is 4.98. The second-order valence-corrected chi connectivity index (χ2v) is 4.98. The predicted molar refractivity (Wildman–Crippen MR) is 81.5 cm³/mol. The molecule has 0 aliphatic rings. The van der Waals surface area contributed by atoms with Crippen LogP contribution < -0.4 is 10.1 Å². The van der Waals surface area contributed by atoms with Crippen molar-refractivity contribution < 1.29 is 32.6 Å². The molecule has 0 fully saturated rings. The maximum Gasteiger partial charge on any atom is 0.416 e. The van der Waals surface area contributed by atoms with Crippen LogP contribution in [0.2, 0.25) is 0 Å². The van der Waals surface area contributed by atoms with Crippen molar-refractivity contribution in [2.45, 2.75) is 12.6 Å². The smallest absolute Gasteiger partial charge is 0.416 e. The minimum Gasteiger partial charge on any atom is -0.497 e. The summed E-state index contributed by atoms with van der Waals surface area (Å²) in [6.07, 6.45) is -4.03. The molecular weight excluding hydrogens is 341 g/mol. The SMILES string of the molecule is COc1ccc(CC(=O)Nc2ccc(C(=O)O)nc2)c(C(F)(F)F)c1. The summed E-state index contributed by atoms with van der Waals surface area (Å²) in [5.74, 6) is -1.89. The molecule has 0 radical (unpaired) electrons. The molecule has 25 heavy (non-hydrogen) atoms. The number of benzene rings is 1. The van der Waals surface area contributed by atoms with Gasteiger partial charge < -0.3 is 15.2 Å². The van der Waals surface area contributed by atoms with Crippen molar-refractivity contribution in [3.05, 3.63) is 53.3 Å². The largest absolute Gasteiger partial charge is 0.497 e. The summed E-state index contributed by atoms with van der Waals surface area (Å²) in [4.78, 5) is 26.3. The van der Waals surface area contributed by atoms with E-state index in [1.165, 1.54) is 31.4 Å². The molecule has 1 aromatic heterocycles. The van der Waals surface area contributed by atoms with Gasteiger partial charge in [-0.3, -0.25) is 4.79 Å². The van der Waals surface area contributed by atoms with E-state index >= 15 is 0 Å². The first-order chi connectivity index (χ1) is 11.7. The Kier molecular flexibility index (Phi) is 5.26. The summed E-state index contributed by atoms with van der Waals surface area (Å²) < 4.78 is 44.1. The van der Waals surface area contributed by atoms with Gasteiger partial charge in [0, 0.05) is 0 Å². The molecule has 1 aromatic carbocycles. The van der Waals surface area contributed by atoms with E-state index in [1.807, 2.05) is 0 Å². The van der Waals surface area contributed by atoms with E-state index in [-0.39, 0.29) is 22.7 Å². The van der Waals surface area contributed by atoms with Crippen molar-refractivity contribution in [3.8, 4) is 5.75 Å². The fourth-order valence-corrected chi connectivity index (χ4v) is 2.07. The summed E-state index contributed by atoms with van der Waals surface area (Å²) >= 11 is 0.